The number of nitrogens with zero attached hydrogens (tertiary/aromatic N) is 2. The van der Waals surface area contributed by atoms with Gasteiger partial charge in [0.05, 0.1) is 11.6 Å². The summed E-state index contributed by atoms with van der Waals surface area (Å²) >= 11 is 0. The van der Waals surface area contributed by atoms with Crippen molar-refractivity contribution in [2.45, 2.75) is 12.3 Å². The van der Waals surface area contributed by atoms with Gasteiger partial charge in [-0.2, -0.15) is 5.26 Å². The third kappa shape index (κ3) is 2.39. The minimum Gasteiger partial charge on any atom is -0.268 e. The normalized spacial score (nSPS) is 17.4. The van der Waals surface area contributed by atoms with Gasteiger partial charge >= 0.3 is 0 Å². The van der Waals surface area contributed by atoms with Crippen LogP contribution in [0.5, 0.6) is 0 Å². The van der Waals surface area contributed by atoms with E-state index < -0.39 is 0 Å². The lowest BCUT2D eigenvalue weighted by atomic mass is 9.87. The first-order chi connectivity index (χ1) is 9.88. The summed E-state index contributed by atoms with van der Waals surface area (Å²) in [6.07, 6.45) is 4.73. The molecule has 0 spiro atoms. The highest BCUT2D eigenvalue weighted by Crippen LogP contribution is 2.32. The Morgan fingerprint density at radius 1 is 1.00 bits per heavy atom. The molecule has 0 radical (unpaired) electrons. The van der Waals surface area contributed by atoms with Crippen LogP contribution in [0.1, 0.15) is 29.0 Å². The molecule has 0 saturated carbocycles. The van der Waals surface area contributed by atoms with Crippen LogP contribution in [0.25, 0.3) is 5.57 Å². The molecule has 0 fully saturated rings. The molecule has 3 rings (SSSR count). The Bertz CT molecular complexity index is 706. The maximum absolute atomic E-state index is 9.22. The van der Waals surface area contributed by atoms with Crippen molar-refractivity contribution in [2.75, 3.05) is 0 Å². The minimum absolute atomic E-state index is 0.281. The molecule has 1 aliphatic heterocycles. The summed E-state index contributed by atoms with van der Waals surface area (Å²) in [4.78, 5) is 4.37. The van der Waals surface area contributed by atoms with Crippen molar-refractivity contribution in [2.24, 2.45) is 4.99 Å². The molecule has 0 aliphatic carbocycles. The molecule has 0 amide bonds. The van der Waals surface area contributed by atoms with Gasteiger partial charge in [0.25, 0.3) is 0 Å². The van der Waals surface area contributed by atoms with E-state index in [1.54, 1.807) is 0 Å². The standard InChI is InChI=1S/C18H14N2/c19-11-15-8-4-5-9-18(15)17-10-16(12-20-13-17)14-6-2-1-3-7-14/h1-9,12-13,16H,10H2. The van der Waals surface area contributed by atoms with Gasteiger partial charge in [-0.05, 0) is 29.2 Å². The number of rotatable bonds is 2. The monoisotopic (exact) mass is 258 g/mol. The van der Waals surface area contributed by atoms with Crippen molar-refractivity contribution in [1.82, 2.24) is 0 Å². The largest absolute Gasteiger partial charge is 0.268 e. The smallest absolute Gasteiger partial charge is 0.0998 e. The molecule has 1 aliphatic rings. The van der Waals surface area contributed by atoms with Crippen LogP contribution < -0.4 is 0 Å². The molecule has 0 N–H and O–H groups in total. The first kappa shape index (κ1) is 12.4. The number of allylic oxidation sites excluding steroid dienone is 1. The quantitative estimate of drug-likeness (QED) is 0.796. The lowest BCUT2D eigenvalue weighted by Gasteiger charge is -2.19. The average molecular weight is 258 g/mol. The summed E-state index contributed by atoms with van der Waals surface area (Å²) in [6.45, 7) is 0. The van der Waals surface area contributed by atoms with Crippen LogP contribution in [0.3, 0.4) is 0 Å². The van der Waals surface area contributed by atoms with E-state index >= 15 is 0 Å². The Morgan fingerprint density at radius 3 is 2.55 bits per heavy atom. The van der Waals surface area contributed by atoms with Crippen LogP contribution >= 0.6 is 0 Å². The Labute approximate surface area is 118 Å². The second-order valence-corrected chi connectivity index (χ2v) is 4.83. The van der Waals surface area contributed by atoms with Crippen molar-refractivity contribution in [3.8, 4) is 6.07 Å². The third-order valence-corrected chi connectivity index (χ3v) is 3.56. The number of benzene rings is 2. The van der Waals surface area contributed by atoms with Crippen LogP contribution in [0.2, 0.25) is 0 Å². The predicted molar refractivity (Wildman–Crippen MR) is 81.4 cm³/mol. The van der Waals surface area contributed by atoms with E-state index in [4.69, 9.17) is 0 Å². The number of hydrogen-bond donors (Lipinski definition) is 0. The highest BCUT2D eigenvalue weighted by Gasteiger charge is 2.17. The molecule has 2 aromatic rings. The lowest BCUT2D eigenvalue weighted by Crippen LogP contribution is -2.05. The second kappa shape index (κ2) is 5.54. The van der Waals surface area contributed by atoms with Crippen molar-refractivity contribution in [3.63, 3.8) is 0 Å². The molecule has 1 heterocycles. The number of hydrogen-bond acceptors (Lipinski definition) is 2. The van der Waals surface area contributed by atoms with Crippen LogP contribution in [0.15, 0.2) is 65.8 Å². The zero-order valence-electron chi connectivity index (χ0n) is 11.0. The highest BCUT2D eigenvalue weighted by atomic mass is 14.7. The maximum atomic E-state index is 9.22. The summed E-state index contributed by atoms with van der Waals surface area (Å²) in [5.41, 5.74) is 4.09. The Hall–Kier alpha value is -2.66. The predicted octanol–water partition coefficient (Wildman–Crippen LogP) is 4.16. The van der Waals surface area contributed by atoms with Crippen molar-refractivity contribution in [3.05, 3.63) is 77.5 Å². The van der Waals surface area contributed by atoms with Gasteiger partial charge < -0.3 is 0 Å². The SMILES string of the molecule is N#Cc1ccccc1C1=CN=CC(c2ccccc2)C1. The van der Waals surface area contributed by atoms with Crippen molar-refractivity contribution >= 4 is 11.8 Å². The van der Waals surface area contributed by atoms with E-state index in [9.17, 15) is 5.26 Å². The molecular weight excluding hydrogens is 244 g/mol. The fourth-order valence-corrected chi connectivity index (χ4v) is 2.52. The van der Waals surface area contributed by atoms with Gasteiger partial charge in [0.15, 0.2) is 0 Å². The molecule has 0 bridgehead atoms. The highest BCUT2D eigenvalue weighted by molar-refractivity contribution is 5.81. The molecule has 2 aromatic carbocycles. The van der Waals surface area contributed by atoms with Crippen molar-refractivity contribution < 1.29 is 0 Å². The minimum atomic E-state index is 0.281. The second-order valence-electron chi connectivity index (χ2n) is 4.83. The Kier molecular flexibility index (Phi) is 3.43. The molecule has 2 nitrogen and oxygen atoms in total. The maximum Gasteiger partial charge on any atom is 0.0998 e. The average Bonchev–Trinajstić information content (AvgIpc) is 2.56. The summed E-state index contributed by atoms with van der Waals surface area (Å²) < 4.78 is 0. The van der Waals surface area contributed by atoms with E-state index in [1.807, 2.05) is 54.9 Å². The molecule has 0 saturated heterocycles. The Morgan fingerprint density at radius 2 is 1.75 bits per heavy atom. The fourth-order valence-electron chi connectivity index (χ4n) is 2.52. The van der Waals surface area contributed by atoms with E-state index in [1.165, 1.54) is 5.56 Å². The van der Waals surface area contributed by atoms with E-state index in [0.717, 1.165) is 17.6 Å². The molecule has 96 valence electrons. The van der Waals surface area contributed by atoms with Crippen molar-refractivity contribution in [1.29, 1.82) is 5.26 Å². The number of nitriles is 1. The lowest BCUT2D eigenvalue weighted by molar-refractivity contribution is 0.924. The molecule has 20 heavy (non-hydrogen) atoms. The van der Waals surface area contributed by atoms with Gasteiger partial charge in [-0.1, -0.05) is 48.5 Å². The fraction of sp³-hybridized carbons (Fsp3) is 0.111. The summed E-state index contributed by atoms with van der Waals surface area (Å²) in [5.74, 6) is 0.281. The van der Waals surface area contributed by atoms with Gasteiger partial charge in [0.2, 0.25) is 0 Å². The van der Waals surface area contributed by atoms with Gasteiger partial charge in [-0.25, -0.2) is 0 Å². The number of aliphatic imine (C=N–C) groups is 1. The van der Waals surface area contributed by atoms with E-state index in [-0.39, 0.29) is 5.92 Å². The topological polar surface area (TPSA) is 36.1 Å². The molecule has 2 heteroatoms. The van der Waals surface area contributed by atoms with Crippen LogP contribution in [0.4, 0.5) is 0 Å². The molecular formula is C18H14N2. The van der Waals surface area contributed by atoms with Crippen LogP contribution in [-0.4, -0.2) is 6.21 Å². The van der Waals surface area contributed by atoms with Gasteiger partial charge in [0, 0.05) is 18.3 Å². The zero-order chi connectivity index (χ0) is 13.8. The van der Waals surface area contributed by atoms with E-state index in [2.05, 4.69) is 23.2 Å². The molecule has 1 unspecified atom stereocenters. The Balaban J connectivity index is 1.92. The third-order valence-electron chi connectivity index (χ3n) is 3.56. The van der Waals surface area contributed by atoms with Gasteiger partial charge in [-0.15, -0.1) is 0 Å². The van der Waals surface area contributed by atoms with E-state index in [0.29, 0.717) is 5.56 Å². The van der Waals surface area contributed by atoms with Crippen LogP contribution in [0, 0.1) is 11.3 Å². The molecule has 0 aromatic heterocycles. The summed E-state index contributed by atoms with van der Waals surface area (Å²) in [5, 5.41) is 9.22. The molecule has 1 atom stereocenters. The first-order valence-electron chi connectivity index (χ1n) is 6.65. The van der Waals surface area contributed by atoms with Gasteiger partial charge in [0.1, 0.15) is 0 Å². The van der Waals surface area contributed by atoms with Gasteiger partial charge in [-0.3, -0.25) is 4.99 Å². The summed E-state index contributed by atoms with van der Waals surface area (Å²) in [7, 11) is 0. The zero-order valence-corrected chi connectivity index (χ0v) is 11.0. The summed E-state index contributed by atoms with van der Waals surface area (Å²) in [6, 6.07) is 20.3. The first-order valence-corrected chi connectivity index (χ1v) is 6.65. The van der Waals surface area contributed by atoms with Crippen LogP contribution in [-0.2, 0) is 0 Å².